The molecule has 0 aliphatic carbocycles. The highest BCUT2D eigenvalue weighted by Gasteiger charge is 2.37. The predicted octanol–water partition coefficient (Wildman–Crippen LogP) is 4.16. The van der Waals surface area contributed by atoms with Crippen LogP contribution in [0.25, 0.3) is 0 Å². The van der Waals surface area contributed by atoms with Crippen molar-refractivity contribution in [3.05, 3.63) is 6.92 Å². The van der Waals surface area contributed by atoms with Crippen molar-refractivity contribution < 1.29 is 0 Å². The Kier molecular flexibility index (Phi) is 4.30. The molecule has 0 saturated heterocycles. The normalized spacial score (nSPS) is 13.5. The van der Waals surface area contributed by atoms with E-state index in [9.17, 15) is 0 Å². The molecule has 0 aromatic carbocycles. The molecule has 0 fully saturated rings. The Balaban J connectivity index is 4.77. The van der Waals surface area contributed by atoms with E-state index in [0.717, 1.165) is 11.8 Å². The van der Waals surface area contributed by atoms with Crippen LogP contribution in [0.15, 0.2) is 0 Å². The summed E-state index contributed by atoms with van der Waals surface area (Å²) in [7, 11) is 0. The summed E-state index contributed by atoms with van der Waals surface area (Å²) in [5.41, 5.74) is 0.431. The molecule has 0 nitrogen and oxygen atoms in total. The summed E-state index contributed by atoms with van der Waals surface area (Å²) in [5, 5.41) is 0. The van der Waals surface area contributed by atoms with Crippen molar-refractivity contribution in [3.63, 3.8) is 0 Å². The van der Waals surface area contributed by atoms with Gasteiger partial charge in [0, 0.05) is 0 Å². The lowest BCUT2D eigenvalue weighted by molar-refractivity contribution is 0.0573. The Morgan fingerprint density at radius 3 is 1.33 bits per heavy atom. The van der Waals surface area contributed by atoms with Crippen LogP contribution in [0.2, 0.25) is 0 Å². The molecule has 0 saturated carbocycles. The van der Waals surface area contributed by atoms with Gasteiger partial charge in [-0.15, -0.1) is 0 Å². The Bertz CT molecular complexity index is 98.2. The highest BCUT2D eigenvalue weighted by atomic mass is 14.4. The van der Waals surface area contributed by atoms with E-state index in [4.69, 9.17) is 0 Å². The minimum atomic E-state index is 0.431. The van der Waals surface area contributed by atoms with Gasteiger partial charge in [-0.3, -0.25) is 0 Å². The summed E-state index contributed by atoms with van der Waals surface area (Å²) < 4.78 is 0. The minimum absolute atomic E-state index is 0.431. The summed E-state index contributed by atoms with van der Waals surface area (Å²) in [6.45, 7) is 18.1. The van der Waals surface area contributed by atoms with E-state index < -0.39 is 0 Å². The van der Waals surface area contributed by atoms with Crippen LogP contribution in [0, 0.1) is 30.1 Å². The molecule has 0 aliphatic heterocycles. The number of hydrogen-bond donors (Lipinski definition) is 0. The quantitative estimate of drug-likeness (QED) is 0.592. The first kappa shape index (κ1) is 12.0. The van der Waals surface area contributed by atoms with Gasteiger partial charge < -0.3 is 0 Å². The van der Waals surface area contributed by atoms with Crippen LogP contribution in [0.4, 0.5) is 0 Å². The van der Waals surface area contributed by atoms with Gasteiger partial charge >= 0.3 is 0 Å². The van der Waals surface area contributed by atoms with Gasteiger partial charge in [-0.25, -0.2) is 0 Å². The minimum Gasteiger partial charge on any atom is -0.0648 e. The standard InChI is InChI=1S/C12H25/c1-8-12(9(2)3,10(4)5)11(6)7/h9-11H,2,8H2,1,3-7H3. The molecule has 0 amide bonds. The van der Waals surface area contributed by atoms with Gasteiger partial charge in [0.2, 0.25) is 0 Å². The fraction of sp³-hybridized carbons (Fsp3) is 0.917. The lowest BCUT2D eigenvalue weighted by atomic mass is 9.61. The van der Waals surface area contributed by atoms with Gasteiger partial charge in [0.15, 0.2) is 0 Å². The molecule has 0 aromatic heterocycles. The fourth-order valence-electron chi connectivity index (χ4n) is 2.97. The molecular weight excluding hydrogens is 144 g/mol. The third-order valence-corrected chi connectivity index (χ3v) is 3.68. The summed E-state index contributed by atoms with van der Waals surface area (Å²) in [5.74, 6) is 2.01. The first-order valence-corrected chi connectivity index (χ1v) is 5.22. The maximum absolute atomic E-state index is 4.22. The maximum Gasteiger partial charge on any atom is -0.0228 e. The molecule has 73 valence electrons. The molecule has 0 heterocycles. The maximum atomic E-state index is 4.22. The molecule has 0 aliphatic rings. The first-order chi connectivity index (χ1) is 5.39. The molecule has 0 spiro atoms. The molecule has 0 N–H and O–H groups in total. The number of hydrogen-bond acceptors (Lipinski definition) is 0. The van der Waals surface area contributed by atoms with Crippen molar-refractivity contribution in [1.82, 2.24) is 0 Å². The zero-order chi connectivity index (χ0) is 9.94. The Morgan fingerprint density at radius 2 is 1.33 bits per heavy atom. The third kappa shape index (κ3) is 1.84. The van der Waals surface area contributed by atoms with Crippen molar-refractivity contribution in [2.45, 2.75) is 48.0 Å². The first-order valence-electron chi connectivity index (χ1n) is 5.22. The lowest BCUT2D eigenvalue weighted by Crippen LogP contribution is -2.37. The van der Waals surface area contributed by atoms with E-state index in [1.54, 1.807) is 0 Å². The van der Waals surface area contributed by atoms with Crippen LogP contribution in [-0.4, -0.2) is 0 Å². The second-order valence-electron chi connectivity index (χ2n) is 4.68. The average molecular weight is 169 g/mol. The van der Waals surface area contributed by atoms with Crippen LogP contribution in [0.3, 0.4) is 0 Å². The monoisotopic (exact) mass is 169 g/mol. The zero-order valence-corrected chi connectivity index (χ0v) is 9.65. The van der Waals surface area contributed by atoms with E-state index in [2.05, 4.69) is 48.5 Å². The van der Waals surface area contributed by atoms with Gasteiger partial charge in [0.05, 0.1) is 0 Å². The summed E-state index contributed by atoms with van der Waals surface area (Å²) in [6.07, 6.45) is 1.24. The van der Waals surface area contributed by atoms with Crippen LogP contribution >= 0.6 is 0 Å². The van der Waals surface area contributed by atoms with Crippen molar-refractivity contribution in [2.75, 3.05) is 0 Å². The smallest absolute Gasteiger partial charge is 0.0228 e. The van der Waals surface area contributed by atoms with Crippen molar-refractivity contribution >= 4 is 0 Å². The van der Waals surface area contributed by atoms with Crippen LogP contribution in [0.5, 0.6) is 0 Å². The molecule has 0 rings (SSSR count). The number of rotatable bonds is 4. The van der Waals surface area contributed by atoms with Crippen LogP contribution < -0.4 is 0 Å². The molecule has 12 heavy (non-hydrogen) atoms. The van der Waals surface area contributed by atoms with E-state index >= 15 is 0 Å². The molecule has 0 heteroatoms. The molecule has 0 aromatic rings. The van der Waals surface area contributed by atoms with Crippen molar-refractivity contribution in [2.24, 2.45) is 23.2 Å². The summed E-state index contributed by atoms with van der Waals surface area (Å²) in [6, 6.07) is 0. The average Bonchev–Trinajstić information content (AvgIpc) is 1.86. The van der Waals surface area contributed by atoms with E-state index in [1.165, 1.54) is 6.42 Å². The second kappa shape index (κ2) is 4.30. The topological polar surface area (TPSA) is 0 Å². The highest BCUT2D eigenvalue weighted by Crippen LogP contribution is 2.45. The largest absolute Gasteiger partial charge is 0.0648 e. The van der Waals surface area contributed by atoms with Crippen LogP contribution in [-0.2, 0) is 0 Å². The van der Waals surface area contributed by atoms with Gasteiger partial charge in [-0.05, 0) is 36.5 Å². The van der Waals surface area contributed by atoms with Gasteiger partial charge in [-0.1, -0.05) is 41.5 Å². The van der Waals surface area contributed by atoms with Gasteiger partial charge in [-0.2, -0.15) is 0 Å². The van der Waals surface area contributed by atoms with E-state index in [-0.39, 0.29) is 0 Å². The fourth-order valence-corrected chi connectivity index (χ4v) is 2.97. The Hall–Kier alpha value is 0. The predicted molar refractivity (Wildman–Crippen MR) is 56.9 cm³/mol. The summed E-state index contributed by atoms with van der Waals surface area (Å²) in [4.78, 5) is 0. The Morgan fingerprint density at radius 1 is 1.00 bits per heavy atom. The van der Waals surface area contributed by atoms with E-state index in [1.807, 2.05) is 0 Å². The molecule has 1 radical (unpaired) electrons. The van der Waals surface area contributed by atoms with E-state index in [0.29, 0.717) is 11.3 Å². The zero-order valence-electron chi connectivity index (χ0n) is 9.65. The van der Waals surface area contributed by atoms with Crippen LogP contribution in [0.1, 0.15) is 48.0 Å². The molecule has 1 unspecified atom stereocenters. The SMILES string of the molecule is [CH2]C(C)C(CC)(C(C)C)C(C)C. The Labute approximate surface area is 78.8 Å². The van der Waals surface area contributed by atoms with Crippen molar-refractivity contribution in [1.29, 1.82) is 0 Å². The third-order valence-electron chi connectivity index (χ3n) is 3.68. The highest BCUT2D eigenvalue weighted by molar-refractivity contribution is 4.89. The molecule has 1 atom stereocenters. The molecule has 0 bridgehead atoms. The summed E-state index contributed by atoms with van der Waals surface area (Å²) >= 11 is 0. The second-order valence-corrected chi connectivity index (χ2v) is 4.68. The van der Waals surface area contributed by atoms with Gasteiger partial charge in [0.25, 0.3) is 0 Å². The lowest BCUT2D eigenvalue weighted by Gasteiger charge is -2.44. The van der Waals surface area contributed by atoms with Crippen molar-refractivity contribution in [3.8, 4) is 0 Å². The molecular formula is C12H25. The van der Waals surface area contributed by atoms with Gasteiger partial charge in [0.1, 0.15) is 0 Å².